The van der Waals surface area contributed by atoms with Crippen LogP contribution in [0.4, 0.5) is 11.4 Å². The number of allylic oxidation sites excluding steroid dienone is 1. The van der Waals surface area contributed by atoms with Crippen molar-refractivity contribution in [3.63, 3.8) is 0 Å². The third kappa shape index (κ3) is 5.34. The predicted octanol–water partition coefficient (Wildman–Crippen LogP) is 5.33. The fourth-order valence-corrected chi connectivity index (χ4v) is 3.08. The summed E-state index contributed by atoms with van der Waals surface area (Å²) < 4.78 is 0. The second-order valence-electron chi connectivity index (χ2n) is 6.11. The third-order valence-corrected chi connectivity index (χ3v) is 4.67. The molecule has 0 fully saturated rings. The number of nitrogens with zero attached hydrogens (tertiary/aromatic N) is 2. The molecule has 0 unspecified atom stereocenters. The maximum absolute atomic E-state index is 3.40. The fourth-order valence-electron chi connectivity index (χ4n) is 3.08. The van der Waals surface area contributed by atoms with Gasteiger partial charge in [-0.15, -0.1) is 0 Å². The molecule has 0 aliphatic rings. The standard InChI is InChI=1S/C23H31N2/c1-5-24(6-2)22-16-12-20(13-17-22)10-9-11-21-14-18-23(19-15-21)25(7-3)8-4/h9,12-19H,5-8,10H2,1-4H3/q+1. The van der Waals surface area contributed by atoms with E-state index in [0.717, 1.165) is 38.2 Å². The van der Waals surface area contributed by atoms with Gasteiger partial charge in [-0.25, -0.2) is 0 Å². The summed E-state index contributed by atoms with van der Waals surface area (Å²) in [7, 11) is 0. The highest BCUT2D eigenvalue weighted by Crippen LogP contribution is 2.17. The molecule has 0 saturated heterocycles. The van der Waals surface area contributed by atoms with Crippen molar-refractivity contribution in [2.75, 3.05) is 36.0 Å². The molecular formula is C23H31N2+. The van der Waals surface area contributed by atoms with E-state index in [4.69, 9.17) is 0 Å². The third-order valence-electron chi connectivity index (χ3n) is 4.67. The second kappa shape index (κ2) is 9.86. The van der Waals surface area contributed by atoms with Crippen molar-refractivity contribution in [2.24, 2.45) is 0 Å². The quantitative estimate of drug-likeness (QED) is 0.572. The van der Waals surface area contributed by atoms with Crippen molar-refractivity contribution >= 4 is 11.4 Å². The molecule has 0 amide bonds. The molecule has 2 nitrogen and oxygen atoms in total. The van der Waals surface area contributed by atoms with E-state index in [1.54, 1.807) is 0 Å². The number of rotatable bonds is 9. The molecule has 0 aromatic heterocycles. The molecule has 0 N–H and O–H groups in total. The molecule has 0 atom stereocenters. The summed E-state index contributed by atoms with van der Waals surface area (Å²) in [6.07, 6.45) is 6.44. The monoisotopic (exact) mass is 335 g/mol. The lowest BCUT2D eigenvalue weighted by Crippen LogP contribution is -2.21. The van der Waals surface area contributed by atoms with Crippen LogP contribution in [-0.2, 0) is 6.42 Å². The van der Waals surface area contributed by atoms with Gasteiger partial charge >= 0.3 is 0 Å². The van der Waals surface area contributed by atoms with Gasteiger partial charge in [-0.1, -0.05) is 12.1 Å². The highest BCUT2D eigenvalue weighted by atomic mass is 15.1. The van der Waals surface area contributed by atoms with Crippen LogP contribution < -0.4 is 9.80 Å². The van der Waals surface area contributed by atoms with Gasteiger partial charge in [-0.2, -0.15) is 0 Å². The van der Waals surface area contributed by atoms with Gasteiger partial charge in [0.2, 0.25) is 0 Å². The van der Waals surface area contributed by atoms with Gasteiger partial charge in [0.1, 0.15) is 0 Å². The lowest BCUT2D eigenvalue weighted by molar-refractivity contribution is 0.866. The number of anilines is 2. The highest BCUT2D eigenvalue weighted by Gasteiger charge is 2.05. The Morgan fingerprint density at radius 3 is 1.56 bits per heavy atom. The van der Waals surface area contributed by atoms with Gasteiger partial charge in [0.25, 0.3) is 0 Å². The fraction of sp³-hybridized carbons (Fsp3) is 0.391. The maximum atomic E-state index is 3.40. The largest absolute Gasteiger partial charge is 0.372 e. The zero-order valence-electron chi connectivity index (χ0n) is 16.1. The van der Waals surface area contributed by atoms with E-state index < -0.39 is 0 Å². The van der Waals surface area contributed by atoms with Crippen LogP contribution in [0.15, 0.2) is 54.6 Å². The average molecular weight is 336 g/mol. The van der Waals surface area contributed by atoms with E-state index in [1.165, 1.54) is 16.9 Å². The van der Waals surface area contributed by atoms with E-state index in [9.17, 15) is 0 Å². The molecule has 25 heavy (non-hydrogen) atoms. The van der Waals surface area contributed by atoms with Crippen molar-refractivity contribution in [2.45, 2.75) is 34.1 Å². The van der Waals surface area contributed by atoms with E-state index in [1.807, 2.05) is 0 Å². The van der Waals surface area contributed by atoms with Gasteiger partial charge in [-0.3, -0.25) is 0 Å². The SMILES string of the molecule is CCN(CC)c1ccc([C+]=CCc2ccc(N(CC)CC)cc2)cc1. The Balaban J connectivity index is 1.94. The minimum Gasteiger partial charge on any atom is -0.372 e. The van der Waals surface area contributed by atoms with Crippen molar-refractivity contribution in [3.05, 3.63) is 71.8 Å². The summed E-state index contributed by atoms with van der Waals surface area (Å²) in [5.41, 5.74) is 5.04. The molecular weight excluding hydrogens is 304 g/mol. The molecule has 2 heteroatoms. The Kier molecular flexibility index (Phi) is 7.50. The van der Waals surface area contributed by atoms with Crippen molar-refractivity contribution in [3.8, 4) is 0 Å². The predicted molar refractivity (Wildman–Crippen MR) is 111 cm³/mol. The normalized spacial score (nSPS) is 10.7. The topological polar surface area (TPSA) is 6.48 Å². The van der Waals surface area contributed by atoms with E-state index in [2.05, 4.69) is 98.2 Å². The Morgan fingerprint density at radius 2 is 1.12 bits per heavy atom. The van der Waals surface area contributed by atoms with E-state index in [0.29, 0.717) is 0 Å². The van der Waals surface area contributed by atoms with Gasteiger partial charge in [0, 0.05) is 62.6 Å². The summed E-state index contributed by atoms with van der Waals surface area (Å²) >= 11 is 0. The van der Waals surface area contributed by atoms with Crippen LogP contribution in [0, 0.1) is 6.08 Å². The van der Waals surface area contributed by atoms with Gasteiger partial charge in [-0.05, 0) is 45.4 Å². The van der Waals surface area contributed by atoms with Crippen LogP contribution in [0.5, 0.6) is 0 Å². The van der Waals surface area contributed by atoms with Crippen LogP contribution >= 0.6 is 0 Å². The lowest BCUT2D eigenvalue weighted by atomic mass is 10.1. The molecule has 0 bridgehead atoms. The van der Waals surface area contributed by atoms with Crippen LogP contribution in [0.3, 0.4) is 0 Å². The molecule has 0 radical (unpaired) electrons. The molecule has 0 spiro atoms. The molecule has 0 heterocycles. The summed E-state index contributed by atoms with van der Waals surface area (Å²) in [5.74, 6) is 0. The first-order chi connectivity index (χ1) is 12.2. The minimum absolute atomic E-state index is 0.913. The van der Waals surface area contributed by atoms with Gasteiger partial charge in [0.05, 0.1) is 17.8 Å². The summed E-state index contributed by atoms with van der Waals surface area (Å²) in [6, 6.07) is 17.5. The van der Waals surface area contributed by atoms with Crippen LogP contribution in [0.25, 0.3) is 0 Å². The Bertz CT molecular complexity index is 633. The first-order valence-corrected chi connectivity index (χ1v) is 9.48. The van der Waals surface area contributed by atoms with E-state index >= 15 is 0 Å². The summed E-state index contributed by atoms with van der Waals surface area (Å²) in [5, 5.41) is 0. The summed E-state index contributed by atoms with van der Waals surface area (Å²) in [4.78, 5) is 4.72. The van der Waals surface area contributed by atoms with Gasteiger partial charge < -0.3 is 9.80 Å². The van der Waals surface area contributed by atoms with Crippen LogP contribution in [0.1, 0.15) is 38.8 Å². The van der Waals surface area contributed by atoms with Crippen LogP contribution in [0.2, 0.25) is 0 Å². The number of hydrogen-bond donors (Lipinski definition) is 0. The average Bonchev–Trinajstić information content (AvgIpc) is 2.66. The minimum atomic E-state index is 0.913. The Morgan fingerprint density at radius 1 is 0.680 bits per heavy atom. The van der Waals surface area contributed by atoms with Crippen molar-refractivity contribution in [1.82, 2.24) is 0 Å². The first kappa shape index (κ1) is 19.0. The van der Waals surface area contributed by atoms with E-state index in [-0.39, 0.29) is 0 Å². The zero-order valence-corrected chi connectivity index (χ0v) is 16.1. The van der Waals surface area contributed by atoms with Crippen molar-refractivity contribution in [1.29, 1.82) is 0 Å². The van der Waals surface area contributed by atoms with Crippen molar-refractivity contribution < 1.29 is 0 Å². The molecule has 0 aliphatic carbocycles. The molecule has 2 rings (SSSR count). The molecule has 2 aromatic carbocycles. The molecule has 0 saturated carbocycles. The van der Waals surface area contributed by atoms with Crippen LogP contribution in [-0.4, -0.2) is 26.2 Å². The number of benzene rings is 2. The Hall–Kier alpha value is -2.31. The maximum Gasteiger partial charge on any atom is 0.188 e. The lowest BCUT2D eigenvalue weighted by Gasteiger charge is -2.20. The first-order valence-electron chi connectivity index (χ1n) is 9.48. The number of hydrogen-bond acceptors (Lipinski definition) is 2. The molecule has 132 valence electrons. The molecule has 0 aliphatic heterocycles. The zero-order chi connectivity index (χ0) is 18.1. The molecule has 2 aromatic rings. The Labute approximate surface area is 153 Å². The second-order valence-corrected chi connectivity index (χ2v) is 6.11. The summed E-state index contributed by atoms with van der Waals surface area (Å²) in [6.45, 7) is 12.9. The smallest absolute Gasteiger partial charge is 0.188 e. The highest BCUT2D eigenvalue weighted by molar-refractivity contribution is 5.49. The van der Waals surface area contributed by atoms with Gasteiger partial charge in [0.15, 0.2) is 5.56 Å².